The minimum absolute atomic E-state index is 0.112. The Bertz CT molecular complexity index is 1440. The summed E-state index contributed by atoms with van der Waals surface area (Å²) in [5.41, 5.74) is 2.44. The van der Waals surface area contributed by atoms with Crippen molar-refractivity contribution < 1.29 is 19.1 Å². The summed E-state index contributed by atoms with van der Waals surface area (Å²) in [6.07, 6.45) is 5.01. The highest BCUT2D eigenvalue weighted by Gasteiger charge is 2.26. The summed E-state index contributed by atoms with van der Waals surface area (Å²) in [7, 11) is 0. The van der Waals surface area contributed by atoms with E-state index in [0.717, 1.165) is 11.4 Å². The van der Waals surface area contributed by atoms with Gasteiger partial charge in [0.25, 0.3) is 0 Å². The van der Waals surface area contributed by atoms with Gasteiger partial charge in [0.2, 0.25) is 0 Å². The molecule has 0 saturated carbocycles. The van der Waals surface area contributed by atoms with E-state index in [2.05, 4.69) is 41.4 Å². The third kappa shape index (κ3) is 4.88. The molecule has 4 aromatic rings. The Morgan fingerprint density at radius 1 is 1.06 bits per heavy atom. The zero-order valence-corrected chi connectivity index (χ0v) is 20.0. The van der Waals surface area contributed by atoms with Gasteiger partial charge in [-0.25, -0.2) is 9.48 Å². The summed E-state index contributed by atoms with van der Waals surface area (Å²) in [6.45, 7) is 6.17. The van der Waals surface area contributed by atoms with Gasteiger partial charge in [-0.2, -0.15) is 5.10 Å². The first-order valence-corrected chi connectivity index (χ1v) is 11.3. The van der Waals surface area contributed by atoms with Gasteiger partial charge in [0.05, 0.1) is 23.5 Å². The number of benzene rings is 1. The maximum absolute atomic E-state index is 12.9. The molecule has 10 nitrogen and oxygen atoms in total. The van der Waals surface area contributed by atoms with E-state index in [1.807, 2.05) is 18.2 Å². The fourth-order valence-corrected chi connectivity index (χ4v) is 3.64. The van der Waals surface area contributed by atoms with Crippen molar-refractivity contribution in [2.24, 2.45) is 0 Å². The van der Waals surface area contributed by atoms with Crippen molar-refractivity contribution in [2.75, 3.05) is 10.6 Å². The molecular formula is C26H24N6O4. The first-order chi connectivity index (χ1) is 17.3. The van der Waals surface area contributed by atoms with Crippen LogP contribution in [0.25, 0.3) is 5.69 Å². The minimum Gasteiger partial charge on any atom is -0.453 e. The van der Waals surface area contributed by atoms with Crippen LogP contribution in [0.5, 0.6) is 17.2 Å². The molecule has 0 saturated heterocycles. The molecule has 1 aliphatic heterocycles. The number of aromatic nitrogens is 4. The van der Waals surface area contributed by atoms with Crippen molar-refractivity contribution in [2.45, 2.75) is 32.6 Å². The summed E-state index contributed by atoms with van der Waals surface area (Å²) in [5.74, 6) is 1.30. The molecule has 36 heavy (non-hydrogen) atoms. The highest BCUT2D eigenvalue weighted by Crippen LogP contribution is 2.37. The number of carbonyl (C=O) groups excluding carboxylic acids is 2. The highest BCUT2D eigenvalue weighted by molar-refractivity contribution is 5.99. The van der Waals surface area contributed by atoms with Crippen LogP contribution in [0.4, 0.5) is 16.3 Å². The average molecular weight is 485 g/mol. The third-order valence-electron chi connectivity index (χ3n) is 5.42. The van der Waals surface area contributed by atoms with Gasteiger partial charge in [0.1, 0.15) is 11.6 Å². The van der Waals surface area contributed by atoms with E-state index >= 15 is 0 Å². The van der Waals surface area contributed by atoms with Crippen molar-refractivity contribution in [1.82, 2.24) is 19.7 Å². The van der Waals surface area contributed by atoms with Gasteiger partial charge in [0, 0.05) is 47.9 Å². The Hall–Kier alpha value is -4.73. The smallest absolute Gasteiger partial charge is 0.324 e. The highest BCUT2D eigenvalue weighted by atomic mass is 16.6. The average Bonchev–Trinajstić information content (AvgIpc) is 3.43. The molecule has 182 valence electrons. The number of rotatable bonds is 5. The van der Waals surface area contributed by atoms with Crippen molar-refractivity contribution in [3.63, 3.8) is 0 Å². The maximum atomic E-state index is 12.9. The lowest BCUT2D eigenvalue weighted by Crippen LogP contribution is -2.21. The van der Waals surface area contributed by atoms with Crippen molar-refractivity contribution in [3.8, 4) is 22.9 Å². The van der Waals surface area contributed by atoms with Gasteiger partial charge in [-0.3, -0.25) is 20.1 Å². The van der Waals surface area contributed by atoms with Crippen LogP contribution in [0.2, 0.25) is 0 Å². The molecule has 5 rings (SSSR count). The number of nitrogens with zero attached hydrogens (tertiary/aromatic N) is 4. The molecule has 0 aliphatic carbocycles. The summed E-state index contributed by atoms with van der Waals surface area (Å²) in [6, 6.07) is 13.6. The monoisotopic (exact) mass is 484 g/mol. The Morgan fingerprint density at radius 2 is 1.86 bits per heavy atom. The number of ether oxygens (including phenoxy) is 2. The summed E-state index contributed by atoms with van der Waals surface area (Å²) < 4.78 is 12.8. The predicted octanol–water partition coefficient (Wildman–Crippen LogP) is 4.86. The zero-order chi connectivity index (χ0) is 25.3. The second-order valence-electron chi connectivity index (χ2n) is 9.23. The molecule has 0 atom stereocenters. The molecule has 0 radical (unpaired) electrons. The second kappa shape index (κ2) is 9.14. The molecule has 0 bridgehead atoms. The van der Waals surface area contributed by atoms with Crippen LogP contribution in [-0.4, -0.2) is 31.7 Å². The maximum Gasteiger partial charge on any atom is 0.324 e. The molecule has 2 N–H and O–H groups in total. The van der Waals surface area contributed by atoms with E-state index in [-0.39, 0.29) is 17.8 Å². The molecule has 0 spiro atoms. The van der Waals surface area contributed by atoms with Crippen molar-refractivity contribution in [1.29, 1.82) is 0 Å². The second-order valence-corrected chi connectivity index (χ2v) is 9.23. The fourth-order valence-electron chi connectivity index (χ4n) is 3.64. The SMILES string of the molecule is CC(C)(C)c1cc(NC(=O)Nc2cccc(Oc3ccnc4c3OC(=O)C4)c2)n(-c2ccncc2)n1. The Kier molecular flexibility index (Phi) is 5.85. The number of anilines is 2. The first kappa shape index (κ1) is 23.0. The lowest BCUT2D eigenvalue weighted by molar-refractivity contribution is -0.131. The van der Waals surface area contributed by atoms with E-state index < -0.39 is 6.03 Å². The molecule has 1 aliphatic rings. The van der Waals surface area contributed by atoms with Crippen LogP contribution in [0.3, 0.4) is 0 Å². The van der Waals surface area contributed by atoms with E-state index in [1.54, 1.807) is 53.6 Å². The molecule has 0 fully saturated rings. The summed E-state index contributed by atoms with van der Waals surface area (Å²) in [5, 5.41) is 10.4. The number of pyridine rings is 2. The number of esters is 1. The molecule has 0 unspecified atom stereocenters. The molecular weight excluding hydrogens is 460 g/mol. The third-order valence-corrected chi connectivity index (χ3v) is 5.42. The van der Waals surface area contributed by atoms with Crippen LogP contribution in [0.1, 0.15) is 32.2 Å². The van der Waals surface area contributed by atoms with E-state index in [9.17, 15) is 9.59 Å². The summed E-state index contributed by atoms with van der Waals surface area (Å²) in [4.78, 5) is 32.7. The van der Waals surface area contributed by atoms with Crippen molar-refractivity contribution >= 4 is 23.5 Å². The lowest BCUT2D eigenvalue weighted by Gasteiger charge is -2.14. The molecule has 4 heterocycles. The largest absolute Gasteiger partial charge is 0.453 e. The first-order valence-electron chi connectivity index (χ1n) is 11.3. The van der Waals surface area contributed by atoms with Crippen LogP contribution in [0.15, 0.2) is 67.1 Å². The van der Waals surface area contributed by atoms with Crippen LogP contribution in [-0.2, 0) is 16.6 Å². The molecule has 2 amide bonds. The molecule has 1 aromatic carbocycles. The standard InChI is InChI=1S/C26H24N6O4/c1-26(2,3)21-15-22(32(31-21)17-7-10-27-11-8-17)30-25(34)29-16-5-4-6-18(13-16)35-20-9-12-28-19-14-23(33)36-24(19)20/h4-13,15H,14H2,1-3H3,(H2,29,30,34). The number of carbonyl (C=O) groups is 2. The quantitative estimate of drug-likeness (QED) is 0.388. The fraction of sp³-hybridized carbons (Fsp3) is 0.192. The van der Waals surface area contributed by atoms with E-state index in [1.165, 1.54) is 0 Å². The predicted molar refractivity (Wildman–Crippen MR) is 133 cm³/mol. The van der Waals surface area contributed by atoms with E-state index in [4.69, 9.17) is 14.6 Å². The number of hydrogen-bond donors (Lipinski definition) is 2. The molecule has 3 aromatic heterocycles. The van der Waals surface area contributed by atoms with E-state index in [0.29, 0.717) is 34.4 Å². The van der Waals surface area contributed by atoms with Gasteiger partial charge < -0.3 is 14.8 Å². The van der Waals surface area contributed by atoms with Gasteiger partial charge in [0.15, 0.2) is 11.5 Å². The lowest BCUT2D eigenvalue weighted by atomic mass is 9.92. The molecule has 10 heteroatoms. The van der Waals surface area contributed by atoms with Crippen LogP contribution < -0.4 is 20.1 Å². The minimum atomic E-state index is -0.443. The normalized spacial score (nSPS) is 12.6. The number of hydrogen-bond acceptors (Lipinski definition) is 7. The number of fused-ring (bicyclic) bond motifs is 1. The Labute approximate surface area is 207 Å². The Morgan fingerprint density at radius 3 is 2.64 bits per heavy atom. The van der Waals surface area contributed by atoms with Crippen molar-refractivity contribution in [3.05, 3.63) is 78.5 Å². The Balaban J connectivity index is 1.33. The van der Waals surface area contributed by atoms with Crippen LogP contribution in [0, 0.1) is 0 Å². The van der Waals surface area contributed by atoms with Crippen LogP contribution >= 0.6 is 0 Å². The zero-order valence-electron chi connectivity index (χ0n) is 20.0. The number of amides is 2. The number of urea groups is 1. The van der Waals surface area contributed by atoms with Gasteiger partial charge >= 0.3 is 12.0 Å². The topological polar surface area (TPSA) is 120 Å². The van der Waals surface area contributed by atoms with Gasteiger partial charge in [-0.05, 0) is 24.3 Å². The van der Waals surface area contributed by atoms with Gasteiger partial charge in [-0.15, -0.1) is 0 Å². The number of nitrogens with one attached hydrogen (secondary N) is 2. The van der Waals surface area contributed by atoms with Gasteiger partial charge in [-0.1, -0.05) is 26.8 Å². The summed E-state index contributed by atoms with van der Waals surface area (Å²) >= 11 is 0.